The highest BCUT2D eigenvalue weighted by molar-refractivity contribution is 5.81. The third-order valence-electron chi connectivity index (χ3n) is 4.75. The van der Waals surface area contributed by atoms with Crippen molar-refractivity contribution in [3.63, 3.8) is 0 Å². The SMILES string of the molecule is Cc1ccc(-c2nnc([C@H]3CCCN(C(=O)C4CC4)C3)o2)cc1. The lowest BCUT2D eigenvalue weighted by molar-refractivity contribution is -0.133. The molecule has 0 radical (unpaired) electrons. The zero-order valence-electron chi connectivity index (χ0n) is 13.4. The van der Waals surface area contributed by atoms with E-state index in [1.54, 1.807) is 0 Å². The molecule has 1 aromatic heterocycles. The van der Waals surface area contributed by atoms with Crippen molar-refractivity contribution in [2.45, 2.75) is 38.5 Å². The summed E-state index contributed by atoms with van der Waals surface area (Å²) in [6, 6.07) is 8.07. The standard InChI is InChI=1S/C18H21N3O2/c1-12-4-6-13(7-5-12)16-19-20-17(23-16)15-3-2-10-21(11-15)18(22)14-8-9-14/h4-7,14-15H,2-3,8-11H2,1H3/t15-/m0/s1. The highest BCUT2D eigenvalue weighted by Crippen LogP contribution is 2.34. The van der Waals surface area contributed by atoms with Crippen LogP contribution in [0.4, 0.5) is 0 Å². The van der Waals surface area contributed by atoms with Crippen molar-refractivity contribution in [2.24, 2.45) is 5.92 Å². The molecule has 0 bridgehead atoms. The van der Waals surface area contributed by atoms with Gasteiger partial charge in [-0.25, -0.2) is 0 Å². The largest absolute Gasteiger partial charge is 0.420 e. The molecule has 1 saturated heterocycles. The fraction of sp³-hybridized carbons (Fsp3) is 0.500. The molecule has 5 heteroatoms. The molecule has 4 rings (SSSR count). The predicted molar refractivity (Wildman–Crippen MR) is 85.8 cm³/mol. The molecular formula is C18H21N3O2. The van der Waals surface area contributed by atoms with Crippen molar-refractivity contribution in [1.82, 2.24) is 15.1 Å². The number of hydrogen-bond acceptors (Lipinski definition) is 4. The Morgan fingerprint density at radius 3 is 2.70 bits per heavy atom. The number of amides is 1. The van der Waals surface area contributed by atoms with E-state index in [4.69, 9.17) is 4.42 Å². The first-order valence-corrected chi connectivity index (χ1v) is 8.40. The smallest absolute Gasteiger partial charge is 0.247 e. The lowest BCUT2D eigenvalue weighted by atomic mass is 9.97. The summed E-state index contributed by atoms with van der Waals surface area (Å²) < 4.78 is 5.89. The maximum Gasteiger partial charge on any atom is 0.247 e. The summed E-state index contributed by atoms with van der Waals surface area (Å²) in [7, 11) is 0. The van der Waals surface area contributed by atoms with E-state index in [1.807, 2.05) is 29.2 Å². The fourth-order valence-corrected chi connectivity index (χ4v) is 3.18. The molecule has 23 heavy (non-hydrogen) atoms. The molecular weight excluding hydrogens is 290 g/mol. The minimum atomic E-state index is 0.165. The lowest BCUT2D eigenvalue weighted by Gasteiger charge is -2.31. The van der Waals surface area contributed by atoms with E-state index in [-0.39, 0.29) is 11.8 Å². The van der Waals surface area contributed by atoms with Gasteiger partial charge in [-0.15, -0.1) is 10.2 Å². The number of benzene rings is 1. The van der Waals surface area contributed by atoms with Crippen LogP contribution in [0.25, 0.3) is 11.5 Å². The number of carbonyl (C=O) groups excluding carboxylic acids is 1. The van der Waals surface area contributed by atoms with E-state index in [9.17, 15) is 4.79 Å². The summed E-state index contributed by atoms with van der Waals surface area (Å²) in [5.74, 6) is 1.98. The van der Waals surface area contributed by atoms with Gasteiger partial charge in [0, 0.05) is 24.6 Å². The highest BCUT2D eigenvalue weighted by atomic mass is 16.4. The number of hydrogen-bond donors (Lipinski definition) is 0. The van der Waals surface area contributed by atoms with E-state index in [0.717, 1.165) is 37.8 Å². The zero-order chi connectivity index (χ0) is 15.8. The number of nitrogens with zero attached hydrogens (tertiary/aromatic N) is 3. The van der Waals surface area contributed by atoms with Crippen molar-refractivity contribution in [2.75, 3.05) is 13.1 Å². The van der Waals surface area contributed by atoms with Gasteiger partial charge in [0.15, 0.2) is 0 Å². The first-order valence-electron chi connectivity index (χ1n) is 8.40. The van der Waals surface area contributed by atoms with Crippen LogP contribution < -0.4 is 0 Å². The molecule has 2 heterocycles. The molecule has 2 aliphatic rings. The van der Waals surface area contributed by atoms with Crippen LogP contribution in [-0.4, -0.2) is 34.1 Å². The minimum absolute atomic E-state index is 0.165. The van der Waals surface area contributed by atoms with Crippen molar-refractivity contribution >= 4 is 5.91 Å². The average molecular weight is 311 g/mol. The van der Waals surface area contributed by atoms with Crippen LogP contribution >= 0.6 is 0 Å². The van der Waals surface area contributed by atoms with Gasteiger partial charge in [-0.05, 0) is 44.7 Å². The van der Waals surface area contributed by atoms with Crippen molar-refractivity contribution in [3.05, 3.63) is 35.7 Å². The van der Waals surface area contributed by atoms with Gasteiger partial charge < -0.3 is 9.32 Å². The summed E-state index contributed by atoms with van der Waals surface area (Å²) >= 11 is 0. The van der Waals surface area contributed by atoms with Crippen molar-refractivity contribution in [3.8, 4) is 11.5 Å². The molecule has 1 aliphatic carbocycles. The van der Waals surface area contributed by atoms with E-state index >= 15 is 0 Å². The third kappa shape index (κ3) is 3.00. The third-order valence-corrected chi connectivity index (χ3v) is 4.75. The quantitative estimate of drug-likeness (QED) is 0.873. The average Bonchev–Trinajstić information content (AvgIpc) is 3.32. The number of piperidine rings is 1. The Bertz CT molecular complexity index is 703. The summed E-state index contributed by atoms with van der Waals surface area (Å²) in [5.41, 5.74) is 2.14. The number of aromatic nitrogens is 2. The van der Waals surface area contributed by atoms with Crippen LogP contribution in [0, 0.1) is 12.8 Å². The maximum atomic E-state index is 12.3. The first-order chi connectivity index (χ1) is 11.2. The molecule has 5 nitrogen and oxygen atoms in total. The maximum absolute atomic E-state index is 12.3. The second-order valence-corrected chi connectivity index (χ2v) is 6.71. The monoisotopic (exact) mass is 311 g/mol. The van der Waals surface area contributed by atoms with Gasteiger partial charge in [0.2, 0.25) is 17.7 Å². The molecule has 1 aromatic carbocycles. The Balaban J connectivity index is 1.49. The van der Waals surface area contributed by atoms with Crippen LogP contribution in [0.3, 0.4) is 0 Å². The van der Waals surface area contributed by atoms with Gasteiger partial charge in [0.25, 0.3) is 0 Å². The normalized spacial score (nSPS) is 21.4. The number of rotatable bonds is 3. The van der Waals surface area contributed by atoms with Gasteiger partial charge in [0.05, 0.1) is 5.92 Å². The van der Waals surface area contributed by atoms with Crippen LogP contribution in [0.5, 0.6) is 0 Å². The molecule has 2 aromatic rings. The summed E-state index contributed by atoms with van der Waals surface area (Å²) in [6.45, 7) is 3.63. The van der Waals surface area contributed by atoms with Gasteiger partial charge >= 0.3 is 0 Å². The Labute approximate surface area is 135 Å². The van der Waals surface area contributed by atoms with Gasteiger partial charge in [0.1, 0.15) is 0 Å². The molecule has 1 atom stereocenters. The predicted octanol–water partition coefficient (Wildman–Crippen LogP) is 3.16. The van der Waals surface area contributed by atoms with Crippen LogP contribution in [0.1, 0.15) is 43.1 Å². The number of carbonyl (C=O) groups is 1. The minimum Gasteiger partial charge on any atom is -0.420 e. The van der Waals surface area contributed by atoms with E-state index in [0.29, 0.717) is 24.2 Å². The van der Waals surface area contributed by atoms with Crippen LogP contribution in [-0.2, 0) is 4.79 Å². The topological polar surface area (TPSA) is 59.2 Å². The molecule has 1 aliphatic heterocycles. The first kappa shape index (κ1) is 14.4. The Hall–Kier alpha value is -2.17. The Morgan fingerprint density at radius 1 is 1.17 bits per heavy atom. The highest BCUT2D eigenvalue weighted by Gasteiger charge is 2.36. The second-order valence-electron chi connectivity index (χ2n) is 6.71. The van der Waals surface area contributed by atoms with Crippen molar-refractivity contribution in [1.29, 1.82) is 0 Å². The molecule has 0 unspecified atom stereocenters. The molecule has 120 valence electrons. The summed E-state index contributed by atoms with van der Waals surface area (Å²) in [5, 5.41) is 8.43. The molecule has 1 amide bonds. The Kier molecular flexibility index (Phi) is 3.63. The summed E-state index contributed by atoms with van der Waals surface area (Å²) in [4.78, 5) is 14.2. The number of aryl methyl sites for hydroxylation is 1. The van der Waals surface area contributed by atoms with Crippen LogP contribution in [0.15, 0.2) is 28.7 Å². The fourth-order valence-electron chi connectivity index (χ4n) is 3.18. The molecule has 0 N–H and O–H groups in total. The zero-order valence-corrected chi connectivity index (χ0v) is 13.4. The molecule has 2 fully saturated rings. The molecule has 1 saturated carbocycles. The van der Waals surface area contributed by atoms with Gasteiger partial charge in [-0.3, -0.25) is 4.79 Å². The van der Waals surface area contributed by atoms with Crippen LogP contribution in [0.2, 0.25) is 0 Å². The summed E-state index contributed by atoms with van der Waals surface area (Å²) in [6.07, 6.45) is 4.12. The van der Waals surface area contributed by atoms with E-state index in [1.165, 1.54) is 5.56 Å². The van der Waals surface area contributed by atoms with Crippen molar-refractivity contribution < 1.29 is 9.21 Å². The van der Waals surface area contributed by atoms with E-state index in [2.05, 4.69) is 17.1 Å². The van der Waals surface area contributed by atoms with E-state index < -0.39 is 0 Å². The lowest BCUT2D eigenvalue weighted by Crippen LogP contribution is -2.40. The second kappa shape index (κ2) is 5.80. The number of likely N-dealkylation sites (tertiary alicyclic amines) is 1. The molecule has 0 spiro atoms. The Morgan fingerprint density at radius 2 is 1.96 bits per heavy atom. The van der Waals surface area contributed by atoms with Gasteiger partial charge in [-0.1, -0.05) is 17.7 Å². The van der Waals surface area contributed by atoms with Gasteiger partial charge in [-0.2, -0.15) is 0 Å².